The molecule has 2 aliphatic heterocycles. The molecule has 6 atom stereocenters. The lowest BCUT2D eigenvalue weighted by molar-refractivity contribution is -0.333. The summed E-state index contributed by atoms with van der Waals surface area (Å²) in [5.41, 5.74) is 2.39. The molecule has 5 rings (SSSR count). The van der Waals surface area contributed by atoms with Crippen LogP contribution >= 0.6 is 0 Å². The zero-order valence-corrected chi connectivity index (χ0v) is 20.6. The van der Waals surface area contributed by atoms with Gasteiger partial charge in [-0.3, -0.25) is 9.59 Å². The first-order valence-electron chi connectivity index (χ1n) is 12.5. The maximum atomic E-state index is 13.2. The van der Waals surface area contributed by atoms with Crippen LogP contribution in [0, 0.1) is 0 Å². The Balaban J connectivity index is 1.42. The van der Waals surface area contributed by atoms with E-state index in [0.717, 1.165) is 11.1 Å². The van der Waals surface area contributed by atoms with E-state index in [-0.39, 0.29) is 25.4 Å². The molecule has 3 aromatic carbocycles. The van der Waals surface area contributed by atoms with Crippen molar-refractivity contribution in [1.82, 2.24) is 0 Å². The molecule has 0 saturated carbocycles. The second kappa shape index (κ2) is 11.8. The molecule has 7 heteroatoms. The van der Waals surface area contributed by atoms with Gasteiger partial charge < -0.3 is 23.7 Å². The standard InChI is InChI=1S/C30H30O7/c1-20(31)35-29-27(33-18-21-11-5-2-6-12-21)25(17-24(32)22-13-7-3-8-14-22)36-26-19-34-30(37-28(26)29)23-15-9-4-10-16-23/h2-16,25-30H,17-19H2,1H3/t25-,26-,27-,28-,29-,30-/m1/s1. The maximum absolute atomic E-state index is 13.2. The van der Waals surface area contributed by atoms with Gasteiger partial charge in [0.25, 0.3) is 0 Å². The molecule has 2 aliphatic rings. The van der Waals surface area contributed by atoms with Crippen molar-refractivity contribution in [3.05, 3.63) is 108 Å². The third kappa shape index (κ3) is 6.14. The molecule has 0 amide bonds. The minimum absolute atomic E-state index is 0.0621. The SMILES string of the molecule is CC(=O)O[C@@H]1[C@H](OCc2ccccc2)[C@@H](CC(=O)c2ccccc2)O[C@@H]2CO[C@@H](c3ccccc3)O[C@@H]12. The Hall–Kier alpha value is -3.36. The Morgan fingerprint density at radius 3 is 2.16 bits per heavy atom. The van der Waals surface area contributed by atoms with Gasteiger partial charge in [0.2, 0.25) is 0 Å². The van der Waals surface area contributed by atoms with Gasteiger partial charge in [-0.05, 0) is 5.56 Å². The highest BCUT2D eigenvalue weighted by Crippen LogP contribution is 2.37. The van der Waals surface area contributed by atoms with Crippen LogP contribution in [0.5, 0.6) is 0 Å². The molecule has 0 aliphatic carbocycles. The van der Waals surface area contributed by atoms with E-state index in [4.69, 9.17) is 23.7 Å². The van der Waals surface area contributed by atoms with Crippen LogP contribution in [0.3, 0.4) is 0 Å². The van der Waals surface area contributed by atoms with Crippen LogP contribution in [0.1, 0.15) is 41.1 Å². The number of Topliss-reactive ketones (excluding diaryl/α,β-unsaturated/α-hetero) is 1. The zero-order valence-electron chi connectivity index (χ0n) is 20.6. The lowest BCUT2D eigenvalue weighted by atomic mass is 9.90. The lowest BCUT2D eigenvalue weighted by Crippen LogP contribution is -2.63. The molecule has 37 heavy (non-hydrogen) atoms. The molecule has 0 unspecified atom stereocenters. The number of esters is 1. The molecule has 3 aromatic rings. The molecule has 0 N–H and O–H groups in total. The van der Waals surface area contributed by atoms with Gasteiger partial charge in [0.15, 0.2) is 18.2 Å². The van der Waals surface area contributed by atoms with Crippen molar-refractivity contribution in [1.29, 1.82) is 0 Å². The summed E-state index contributed by atoms with van der Waals surface area (Å²) in [4.78, 5) is 25.4. The number of benzene rings is 3. The number of rotatable bonds is 8. The molecule has 7 nitrogen and oxygen atoms in total. The maximum Gasteiger partial charge on any atom is 0.303 e. The molecule has 2 saturated heterocycles. The van der Waals surface area contributed by atoms with Gasteiger partial charge in [-0.1, -0.05) is 91.0 Å². The molecule has 0 spiro atoms. The highest BCUT2D eigenvalue weighted by Gasteiger charge is 2.52. The predicted octanol–water partition coefficient (Wildman–Crippen LogP) is 4.66. The first-order chi connectivity index (χ1) is 18.1. The van der Waals surface area contributed by atoms with Crippen LogP contribution in [0.15, 0.2) is 91.0 Å². The molecular weight excluding hydrogens is 472 g/mol. The van der Waals surface area contributed by atoms with E-state index in [1.54, 1.807) is 12.1 Å². The summed E-state index contributed by atoms with van der Waals surface area (Å²) >= 11 is 0. The number of ketones is 1. The second-order valence-corrected chi connectivity index (χ2v) is 9.22. The van der Waals surface area contributed by atoms with Crippen LogP contribution in [-0.4, -0.2) is 48.9 Å². The summed E-state index contributed by atoms with van der Waals surface area (Å²) in [6.45, 7) is 1.85. The molecule has 2 fully saturated rings. The second-order valence-electron chi connectivity index (χ2n) is 9.22. The van der Waals surface area contributed by atoms with Crippen molar-refractivity contribution in [2.75, 3.05) is 6.61 Å². The average Bonchev–Trinajstić information content (AvgIpc) is 2.93. The van der Waals surface area contributed by atoms with Crippen LogP contribution in [-0.2, 0) is 35.1 Å². The number of carbonyl (C=O) groups is 2. The quantitative estimate of drug-likeness (QED) is 0.327. The summed E-state index contributed by atoms with van der Waals surface area (Å²) < 4.78 is 30.9. The van der Waals surface area contributed by atoms with Crippen molar-refractivity contribution in [2.45, 2.75) is 56.8 Å². The largest absolute Gasteiger partial charge is 0.457 e. The summed E-state index contributed by atoms with van der Waals surface area (Å²) in [5, 5.41) is 0. The number of ether oxygens (including phenoxy) is 5. The summed E-state index contributed by atoms with van der Waals surface area (Å²) in [5.74, 6) is -0.544. The zero-order chi connectivity index (χ0) is 25.6. The number of hydrogen-bond donors (Lipinski definition) is 0. The van der Waals surface area contributed by atoms with Gasteiger partial charge in [0.05, 0.1) is 19.3 Å². The molecular formula is C30H30O7. The Bertz CT molecular complexity index is 1170. The minimum Gasteiger partial charge on any atom is -0.457 e. The summed E-state index contributed by atoms with van der Waals surface area (Å²) in [6.07, 6.45) is -3.92. The fourth-order valence-electron chi connectivity index (χ4n) is 4.82. The van der Waals surface area contributed by atoms with Crippen LogP contribution < -0.4 is 0 Å². The van der Waals surface area contributed by atoms with Crippen LogP contribution in [0.25, 0.3) is 0 Å². The first-order valence-corrected chi connectivity index (χ1v) is 12.5. The van der Waals surface area contributed by atoms with E-state index in [2.05, 4.69) is 0 Å². The minimum atomic E-state index is -0.788. The van der Waals surface area contributed by atoms with Crippen molar-refractivity contribution >= 4 is 11.8 Å². The van der Waals surface area contributed by atoms with E-state index in [1.165, 1.54) is 6.92 Å². The lowest BCUT2D eigenvalue weighted by Gasteiger charge is -2.48. The normalized spacial score (nSPS) is 27.2. The van der Waals surface area contributed by atoms with Crippen LogP contribution in [0.4, 0.5) is 0 Å². The fraction of sp³-hybridized carbons (Fsp3) is 0.333. The van der Waals surface area contributed by atoms with E-state index < -0.39 is 42.8 Å². The van der Waals surface area contributed by atoms with E-state index >= 15 is 0 Å². The number of hydrogen-bond acceptors (Lipinski definition) is 7. The van der Waals surface area contributed by atoms with Crippen molar-refractivity contribution in [2.24, 2.45) is 0 Å². The highest BCUT2D eigenvalue weighted by molar-refractivity contribution is 5.96. The molecule has 2 heterocycles. The van der Waals surface area contributed by atoms with Gasteiger partial charge >= 0.3 is 5.97 Å². The Kier molecular flexibility index (Phi) is 8.06. The van der Waals surface area contributed by atoms with Gasteiger partial charge in [0, 0.05) is 24.5 Å². The molecule has 0 aromatic heterocycles. The van der Waals surface area contributed by atoms with Crippen molar-refractivity contribution < 1.29 is 33.3 Å². The van der Waals surface area contributed by atoms with Gasteiger partial charge in [-0.15, -0.1) is 0 Å². The van der Waals surface area contributed by atoms with E-state index in [9.17, 15) is 9.59 Å². The highest BCUT2D eigenvalue weighted by atomic mass is 16.7. The van der Waals surface area contributed by atoms with Gasteiger partial charge in [-0.2, -0.15) is 0 Å². The van der Waals surface area contributed by atoms with Gasteiger partial charge in [-0.25, -0.2) is 0 Å². The van der Waals surface area contributed by atoms with Crippen molar-refractivity contribution in [3.63, 3.8) is 0 Å². The first kappa shape index (κ1) is 25.3. The Morgan fingerprint density at radius 1 is 0.838 bits per heavy atom. The Labute approximate surface area is 216 Å². The summed E-state index contributed by atoms with van der Waals surface area (Å²) in [7, 11) is 0. The number of carbonyl (C=O) groups excluding carboxylic acids is 2. The summed E-state index contributed by atoms with van der Waals surface area (Å²) in [6, 6.07) is 28.3. The third-order valence-corrected chi connectivity index (χ3v) is 6.56. The van der Waals surface area contributed by atoms with E-state index in [1.807, 2.05) is 78.9 Å². The van der Waals surface area contributed by atoms with Crippen molar-refractivity contribution in [3.8, 4) is 0 Å². The Morgan fingerprint density at radius 2 is 1.49 bits per heavy atom. The predicted molar refractivity (Wildman–Crippen MR) is 135 cm³/mol. The smallest absolute Gasteiger partial charge is 0.303 e. The molecule has 0 radical (unpaired) electrons. The molecule has 0 bridgehead atoms. The van der Waals surface area contributed by atoms with Crippen LogP contribution in [0.2, 0.25) is 0 Å². The monoisotopic (exact) mass is 502 g/mol. The third-order valence-electron chi connectivity index (χ3n) is 6.56. The topological polar surface area (TPSA) is 80.3 Å². The molecule has 192 valence electrons. The number of fused-ring (bicyclic) bond motifs is 1. The van der Waals surface area contributed by atoms with Gasteiger partial charge in [0.1, 0.15) is 18.3 Å². The van der Waals surface area contributed by atoms with E-state index in [0.29, 0.717) is 5.56 Å². The fourth-order valence-corrected chi connectivity index (χ4v) is 4.82. The average molecular weight is 503 g/mol.